The summed E-state index contributed by atoms with van der Waals surface area (Å²) in [6.45, 7) is 0.428. The minimum Gasteiger partial charge on any atom is -0.481 e. The highest BCUT2D eigenvalue weighted by atomic mass is 16.5. The molecule has 0 radical (unpaired) electrons. The smallest absolute Gasteiger partial charge is 0.229 e. The molecule has 0 aliphatic carbocycles. The summed E-state index contributed by atoms with van der Waals surface area (Å²) in [4.78, 5) is 12.4. The Hall–Kier alpha value is -2.38. The summed E-state index contributed by atoms with van der Waals surface area (Å²) in [6.07, 6.45) is 1.63. The molecule has 0 unspecified atom stereocenters. The molecule has 96 valence electrons. The van der Waals surface area contributed by atoms with E-state index in [-0.39, 0.29) is 0 Å². The van der Waals surface area contributed by atoms with E-state index in [4.69, 9.17) is 9.47 Å². The van der Waals surface area contributed by atoms with Crippen molar-refractivity contribution in [2.24, 2.45) is 7.05 Å². The Bertz CT molecular complexity index is 505. The fraction of sp³-hybridized carbons (Fsp3) is 0.400. The van der Waals surface area contributed by atoms with E-state index in [1.54, 1.807) is 17.1 Å². The van der Waals surface area contributed by atoms with Gasteiger partial charge in [-0.3, -0.25) is 4.68 Å². The molecule has 0 bridgehead atoms. The Balaban J connectivity index is 2.08. The van der Waals surface area contributed by atoms with Gasteiger partial charge in [0.1, 0.15) is 6.33 Å². The van der Waals surface area contributed by atoms with Crippen LogP contribution >= 0.6 is 0 Å². The predicted octanol–water partition coefficient (Wildman–Crippen LogP) is 0.234. The maximum Gasteiger partial charge on any atom is 0.229 e. The van der Waals surface area contributed by atoms with Crippen molar-refractivity contribution in [3.8, 4) is 11.8 Å². The van der Waals surface area contributed by atoms with Crippen LogP contribution in [0.15, 0.2) is 12.4 Å². The van der Waals surface area contributed by atoms with Crippen molar-refractivity contribution in [3.05, 3.63) is 18.2 Å². The van der Waals surface area contributed by atoms with Gasteiger partial charge in [-0.25, -0.2) is 4.98 Å². The molecule has 2 aromatic heterocycles. The first-order valence-corrected chi connectivity index (χ1v) is 5.26. The van der Waals surface area contributed by atoms with Crippen molar-refractivity contribution in [2.45, 2.75) is 6.54 Å². The molecule has 0 aliphatic heterocycles. The molecule has 2 heterocycles. The Morgan fingerprint density at radius 2 is 1.89 bits per heavy atom. The molecular formula is C10H14N6O2. The zero-order valence-corrected chi connectivity index (χ0v) is 10.4. The maximum absolute atomic E-state index is 5.05. The summed E-state index contributed by atoms with van der Waals surface area (Å²) in [5, 5.41) is 7.14. The van der Waals surface area contributed by atoms with Crippen molar-refractivity contribution in [1.82, 2.24) is 24.7 Å². The number of nitrogens with zero attached hydrogens (tertiary/aromatic N) is 5. The summed E-state index contributed by atoms with van der Waals surface area (Å²) in [5.41, 5.74) is 0. The van der Waals surface area contributed by atoms with Crippen LogP contribution in [0.5, 0.6) is 11.8 Å². The van der Waals surface area contributed by atoms with Gasteiger partial charge in [-0.05, 0) is 0 Å². The monoisotopic (exact) mass is 250 g/mol. The van der Waals surface area contributed by atoms with Gasteiger partial charge < -0.3 is 14.8 Å². The third-order valence-corrected chi connectivity index (χ3v) is 2.15. The summed E-state index contributed by atoms with van der Waals surface area (Å²) in [7, 11) is 4.87. The van der Waals surface area contributed by atoms with Crippen molar-refractivity contribution in [3.63, 3.8) is 0 Å². The van der Waals surface area contributed by atoms with Gasteiger partial charge in [0.25, 0.3) is 0 Å². The van der Waals surface area contributed by atoms with E-state index in [1.165, 1.54) is 14.2 Å². The number of ether oxygens (including phenoxy) is 2. The van der Waals surface area contributed by atoms with Gasteiger partial charge in [0.05, 0.1) is 26.8 Å². The number of nitrogens with one attached hydrogen (secondary N) is 1. The van der Waals surface area contributed by atoms with Crippen LogP contribution in [-0.2, 0) is 13.6 Å². The number of aryl methyl sites for hydroxylation is 1. The molecule has 0 amide bonds. The first kappa shape index (κ1) is 12.1. The normalized spacial score (nSPS) is 10.2. The van der Waals surface area contributed by atoms with Gasteiger partial charge in [-0.1, -0.05) is 0 Å². The zero-order chi connectivity index (χ0) is 13.0. The highest BCUT2D eigenvalue weighted by Crippen LogP contribution is 2.17. The molecule has 18 heavy (non-hydrogen) atoms. The molecule has 0 fully saturated rings. The lowest BCUT2D eigenvalue weighted by atomic mass is 10.5. The molecule has 2 rings (SSSR count). The lowest BCUT2D eigenvalue weighted by Gasteiger charge is -2.06. The van der Waals surface area contributed by atoms with E-state index in [9.17, 15) is 0 Å². The minimum absolute atomic E-state index is 0.402. The Labute approximate surface area is 104 Å². The number of aromatic nitrogens is 5. The van der Waals surface area contributed by atoms with Crippen molar-refractivity contribution in [1.29, 1.82) is 0 Å². The van der Waals surface area contributed by atoms with E-state index >= 15 is 0 Å². The lowest BCUT2D eigenvalue weighted by molar-refractivity contribution is 0.373. The third kappa shape index (κ3) is 2.84. The van der Waals surface area contributed by atoms with E-state index in [2.05, 4.69) is 25.4 Å². The van der Waals surface area contributed by atoms with Crippen molar-refractivity contribution < 1.29 is 9.47 Å². The molecular weight excluding hydrogens is 236 g/mol. The Morgan fingerprint density at radius 1 is 1.22 bits per heavy atom. The SMILES string of the molecule is COc1cc(OC)nc(NCc2ncn(C)n2)n1. The van der Waals surface area contributed by atoms with Gasteiger partial charge in [0.2, 0.25) is 17.7 Å². The minimum atomic E-state index is 0.402. The number of methoxy groups -OCH3 is 2. The standard InChI is InChI=1S/C10H14N6O2/c1-16-6-12-7(15-16)5-11-10-13-8(17-2)4-9(14-10)18-3/h4,6H,5H2,1-3H3,(H,11,13,14). The van der Waals surface area contributed by atoms with Crippen LogP contribution in [0.25, 0.3) is 0 Å². The molecule has 1 N–H and O–H groups in total. The summed E-state index contributed by atoms with van der Waals surface area (Å²) >= 11 is 0. The van der Waals surface area contributed by atoms with Crippen molar-refractivity contribution in [2.75, 3.05) is 19.5 Å². The second kappa shape index (κ2) is 5.30. The van der Waals surface area contributed by atoms with E-state index in [0.717, 1.165) is 0 Å². The molecule has 0 saturated carbocycles. The van der Waals surface area contributed by atoms with Gasteiger partial charge >= 0.3 is 0 Å². The molecule has 0 aliphatic rings. The molecule has 0 atom stereocenters. The van der Waals surface area contributed by atoms with Crippen molar-refractivity contribution >= 4 is 5.95 Å². The highest BCUT2D eigenvalue weighted by Gasteiger charge is 2.06. The summed E-state index contributed by atoms with van der Waals surface area (Å²) in [6, 6.07) is 1.60. The Kier molecular flexibility index (Phi) is 3.56. The third-order valence-electron chi connectivity index (χ3n) is 2.15. The first-order chi connectivity index (χ1) is 8.71. The first-order valence-electron chi connectivity index (χ1n) is 5.26. The van der Waals surface area contributed by atoms with Crippen LogP contribution in [0.3, 0.4) is 0 Å². The summed E-state index contributed by atoms with van der Waals surface area (Å²) in [5.74, 6) is 1.91. The molecule has 0 spiro atoms. The van der Waals surface area contributed by atoms with Crippen LogP contribution in [0.4, 0.5) is 5.95 Å². The average molecular weight is 250 g/mol. The largest absolute Gasteiger partial charge is 0.481 e. The topological polar surface area (TPSA) is 87.0 Å². The van der Waals surface area contributed by atoms with Crippen LogP contribution in [0.2, 0.25) is 0 Å². The fourth-order valence-electron chi connectivity index (χ4n) is 1.32. The van der Waals surface area contributed by atoms with Crippen LogP contribution in [0.1, 0.15) is 5.82 Å². The molecule has 0 saturated heterocycles. The maximum atomic E-state index is 5.05. The average Bonchev–Trinajstić information content (AvgIpc) is 2.81. The molecule has 8 nitrogen and oxygen atoms in total. The fourth-order valence-corrected chi connectivity index (χ4v) is 1.32. The quantitative estimate of drug-likeness (QED) is 0.812. The predicted molar refractivity (Wildman–Crippen MR) is 63.5 cm³/mol. The molecule has 8 heteroatoms. The lowest BCUT2D eigenvalue weighted by Crippen LogP contribution is -2.07. The van der Waals surface area contributed by atoms with Crippen LogP contribution < -0.4 is 14.8 Å². The van der Waals surface area contributed by atoms with Gasteiger partial charge in [0, 0.05) is 7.05 Å². The second-order valence-corrected chi connectivity index (χ2v) is 3.46. The van der Waals surface area contributed by atoms with Crippen LogP contribution in [-0.4, -0.2) is 39.0 Å². The molecule has 2 aromatic rings. The number of hydrogen-bond acceptors (Lipinski definition) is 7. The van der Waals surface area contributed by atoms with E-state index < -0.39 is 0 Å². The Morgan fingerprint density at radius 3 is 2.39 bits per heavy atom. The number of hydrogen-bond donors (Lipinski definition) is 1. The van der Waals surface area contributed by atoms with E-state index in [0.29, 0.717) is 30.1 Å². The van der Waals surface area contributed by atoms with Gasteiger partial charge in [-0.15, -0.1) is 0 Å². The number of anilines is 1. The van der Waals surface area contributed by atoms with E-state index in [1.807, 2.05) is 7.05 Å². The zero-order valence-electron chi connectivity index (χ0n) is 10.4. The van der Waals surface area contributed by atoms with Crippen LogP contribution in [0, 0.1) is 0 Å². The number of rotatable bonds is 5. The highest BCUT2D eigenvalue weighted by molar-refractivity contribution is 5.33. The summed E-state index contributed by atoms with van der Waals surface area (Å²) < 4.78 is 11.7. The second-order valence-electron chi connectivity index (χ2n) is 3.46. The van der Waals surface area contributed by atoms with Gasteiger partial charge in [-0.2, -0.15) is 15.1 Å². The molecule has 0 aromatic carbocycles. The van der Waals surface area contributed by atoms with Gasteiger partial charge in [0.15, 0.2) is 5.82 Å².